The van der Waals surface area contributed by atoms with E-state index < -0.39 is 16.0 Å². The lowest BCUT2D eigenvalue weighted by atomic mass is 9.99. The predicted molar refractivity (Wildman–Crippen MR) is 111 cm³/mol. The van der Waals surface area contributed by atoms with Crippen molar-refractivity contribution in [3.05, 3.63) is 89.5 Å². The van der Waals surface area contributed by atoms with Gasteiger partial charge >= 0.3 is 5.97 Å². The minimum Gasteiger partial charge on any atom is -0.457 e. The van der Waals surface area contributed by atoms with E-state index in [0.29, 0.717) is 11.3 Å². The molecule has 0 atom stereocenters. The van der Waals surface area contributed by atoms with E-state index in [9.17, 15) is 18.5 Å². The molecule has 0 heterocycles. The van der Waals surface area contributed by atoms with E-state index in [1.807, 2.05) is 42.5 Å². The SMILES string of the molecule is CS(=O)(=O)Nc1cccc(C(=O)OCc2ccc(-c3ccccc3C#N)cc2)c1. The maximum Gasteiger partial charge on any atom is 0.338 e. The van der Waals surface area contributed by atoms with E-state index >= 15 is 0 Å². The van der Waals surface area contributed by atoms with Crippen LogP contribution in [0.1, 0.15) is 21.5 Å². The Morgan fingerprint density at radius 3 is 2.45 bits per heavy atom. The second-order valence-electron chi connectivity index (χ2n) is 6.39. The fourth-order valence-electron chi connectivity index (χ4n) is 2.77. The lowest BCUT2D eigenvalue weighted by molar-refractivity contribution is 0.0473. The first-order chi connectivity index (χ1) is 13.9. The van der Waals surface area contributed by atoms with Crippen molar-refractivity contribution in [3.8, 4) is 17.2 Å². The molecule has 0 bridgehead atoms. The molecule has 0 aromatic heterocycles. The Morgan fingerprint density at radius 1 is 1.03 bits per heavy atom. The van der Waals surface area contributed by atoms with Crippen LogP contribution in [0.25, 0.3) is 11.1 Å². The van der Waals surface area contributed by atoms with Crippen LogP contribution in [0.5, 0.6) is 0 Å². The van der Waals surface area contributed by atoms with Gasteiger partial charge in [-0.3, -0.25) is 4.72 Å². The summed E-state index contributed by atoms with van der Waals surface area (Å²) in [6.07, 6.45) is 1.04. The highest BCUT2D eigenvalue weighted by molar-refractivity contribution is 7.92. The molecule has 0 aliphatic carbocycles. The highest BCUT2D eigenvalue weighted by Crippen LogP contribution is 2.23. The summed E-state index contributed by atoms with van der Waals surface area (Å²) >= 11 is 0. The van der Waals surface area contributed by atoms with Crippen LogP contribution < -0.4 is 4.72 Å². The van der Waals surface area contributed by atoms with E-state index in [2.05, 4.69) is 10.8 Å². The summed E-state index contributed by atoms with van der Waals surface area (Å²) in [6.45, 7) is 0.0722. The second-order valence-corrected chi connectivity index (χ2v) is 8.13. The van der Waals surface area contributed by atoms with Crippen LogP contribution in [-0.2, 0) is 21.4 Å². The highest BCUT2D eigenvalue weighted by atomic mass is 32.2. The monoisotopic (exact) mass is 406 g/mol. The van der Waals surface area contributed by atoms with Gasteiger partial charge in [0, 0.05) is 5.69 Å². The fourth-order valence-corrected chi connectivity index (χ4v) is 3.32. The van der Waals surface area contributed by atoms with E-state index in [1.54, 1.807) is 24.3 Å². The molecule has 29 heavy (non-hydrogen) atoms. The molecule has 7 heteroatoms. The van der Waals surface area contributed by atoms with Crippen molar-refractivity contribution in [2.24, 2.45) is 0 Å². The minimum atomic E-state index is -3.43. The number of carbonyl (C=O) groups excluding carboxylic acids is 1. The lowest BCUT2D eigenvalue weighted by Gasteiger charge is -2.09. The van der Waals surface area contributed by atoms with Gasteiger partial charge < -0.3 is 4.74 Å². The topological polar surface area (TPSA) is 96.3 Å². The van der Waals surface area contributed by atoms with Crippen molar-refractivity contribution in [1.82, 2.24) is 0 Å². The summed E-state index contributed by atoms with van der Waals surface area (Å²) in [5, 5.41) is 9.22. The maximum absolute atomic E-state index is 12.3. The van der Waals surface area contributed by atoms with E-state index in [-0.39, 0.29) is 12.2 Å². The molecule has 0 aliphatic rings. The molecule has 6 nitrogen and oxygen atoms in total. The number of sulfonamides is 1. The molecule has 0 aliphatic heterocycles. The van der Waals surface area contributed by atoms with Gasteiger partial charge in [-0.1, -0.05) is 48.5 Å². The third kappa shape index (κ3) is 5.43. The molecular weight excluding hydrogens is 388 g/mol. The number of nitrogens with zero attached hydrogens (tertiary/aromatic N) is 1. The van der Waals surface area contributed by atoms with Crippen LogP contribution in [0.4, 0.5) is 5.69 Å². The number of ether oxygens (including phenoxy) is 1. The first-order valence-corrected chi connectivity index (χ1v) is 10.6. The third-order valence-electron chi connectivity index (χ3n) is 4.08. The molecule has 3 aromatic rings. The van der Waals surface area contributed by atoms with Gasteiger partial charge in [0.25, 0.3) is 0 Å². The number of hydrogen-bond donors (Lipinski definition) is 1. The Kier molecular flexibility index (Phi) is 5.96. The zero-order valence-electron chi connectivity index (χ0n) is 15.6. The Hall–Kier alpha value is -3.63. The number of carbonyl (C=O) groups is 1. The van der Waals surface area contributed by atoms with Crippen molar-refractivity contribution in [2.45, 2.75) is 6.61 Å². The van der Waals surface area contributed by atoms with Crippen molar-refractivity contribution >= 4 is 21.7 Å². The van der Waals surface area contributed by atoms with Gasteiger partial charge in [0.2, 0.25) is 10.0 Å². The molecule has 3 rings (SSSR count). The number of nitriles is 1. The van der Waals surface area contributed by atoms with Crippen molar-refractivity contribution in [3.63, 3.8) is 0 Å². The van der Waals surface area contributed by atoms with Crippen molar-refractivity contribution in [2.75, 3.05) is 11.0 Å². The van der Waals surface area contributed by atoms with Crippen LogP contribution in [0.2, 0.25) is 0 Å². The van der Waals surface area contributed by atoms with E-state index in [4.69, 9.17) is 4.74 Å². The predicted octanol–water partition coefficient (Wildman–Crippen LogP) is 3.95. The normalized spacial score (nSPS) is 10.8. The molecule has 1 N–H and O–H groups in total. The Labute approximate surface area is 169 Å². The summed E-state index contributed by atoms with van der Waals surface area (Å²) in [5.41, 5.74) is 3.67. The number of hydrogen-bond acceptors (Lipinski definition) is 5. The second kappa shape index (κ2) is 8.59. The average molecular weight is 406 g/mol. The average Bonchev–Trinajstić information content (AvgIpc) is 2.71. The van der Waals surface area contributed by atoms with Crippen LogP contribution >= 0.6 is 0 Å². The summed E-state index contributed by atoms with van der Waals surface area (Å²) in [4.78, 5) is 12.3. The molecule has 0 spiro atoms. The first kappa shape index (κ1) is 20.1. The molecule has 0 unspecified atom stereocenters. The Balaban J connectivity index is 1.67. The molecular formula is C22H18N2O4S. The van der Waals surface area contributed by atoms with Gasteiger partial charge in [0.05, 0.1) is 23.5 Å². The molecule has 0 radical (unpaired) electrons. The van der Waals surface area contributed by atoms with Crippen LogP contribution in [0.15, 0.2) is 72.8 Å². The number of anilines is 1. The van der Waals surface area contributed by atoms with Gasteiger partial charge in [-0.25, -0.2) is 13.2 Å². The van der Waals surface area contributed by atoms with Crippen LogP contribution in [0, 0.1) is 11.3 Å². The molecule has 3 aromatic carbocycles. The van der Waals surface area contributed by atoms with Crippen molar-refractivity contribution in [1.29, 1.82) is 5.26 Å². The summed E-state index contributed by atoms with van der Waals surface area (Å²) in [7, 11) is -3.43. The van der Waals surface area contributed by atoms with Gasteiger partial charge in [-0.05, 0) is 41.0 Å². The van der Waals surface area contributed by atoms with Crippen LogP contribution in [0.3, 0.4) is 0 Å². The van der Waals surface area contributed by atoms with Crippen molar-refractivity contribution < 1.29 is 17.9 Å². The standard InChI is InChI=1S/C22H18N2O4S/c1-29(26,27)24-20-7-4-6-18(13-20)22(25)28-15-16-9-11-17(12-10-16)21-8-3-2-5-19(21)14-23/h2-13,24H,15H2,1H3. The molecule has 146 valence electrons. The Bertz CT molecular complexity index is 1180. The zero-order valence-corrected chi connectivity index (χ0v) is 16.4. The summed E-state index contributed by atoms with van der Waals surface area (Å²) in [5.74, 6) is -0.555. The zero-order chi connectivity index (χ0) is 20.9. The number of nitrogens with one attached hydrogen (secondary N) is 1. The molecule has 0 saturated carbocycles. The summed E-state index contributed by atoms with van der Waals surface area (Å²) in [6, 6.07) is 23.0. The van der Waals surface area contributed by atoms with E-state index in [0.717, 1.165) is 22.9 Å². The summed E-state index contributed by atoms with van der Waals surface area (Å²) < 4.78 is 30.3. The largest absolute Gasteiger partial charge is 0.457 e. The lowest BCUT2D eigenvalue weighted by Crippen LogP contribution is -2.11. The minimum absolute atomic E-state index is 0.0722. The first-order valence-electron chi connectivity index (χ1n) is 8.69. The quantitative estimate of drug-likeness (QED) is 0.625. The molecule has 0 fully saturated rings. The van der Waals surface area contributed by atoms with Crippen LogP contribution in [-0.4, -0.2) is 20.6 Å². The Morgan fingerprint density at radius 2 is 1.76 bits per heavy atom. The molecule has 0 amide bonds. The number of benzene rings is 3. The maximum atomic E-state index is 12.3. The van der Waals surface area contributed by atoms with Gasteiger partial charge in [-0.2, -0.15) is 5.26 Å². The molecule has 0 saturated heterocycles. The smallest absolute Gasteiger partial charge is 0.338 e. The van der Waals surface area contributed by atoms with E-state index in [1.165, 1.54) is 6.07 Å². The van der Waals surface area contributed by atoms with Gasteiger partial charge in [-0.15, -0.1) is 0 Å². The van der Waals surface area contributed by atoms with Gasteiger partial charge in [0.15, 0.2) is 0 Å². The third-order valence-corrected chi connectivity index (χ3v) is 4.69. The van der Waals surface area contributed by atoms with Gasteiger partial charge in [0.1, 0.15) is 6.61 Å². The fraction of sp³-hybridized carbons (Fsp3) is 0.0909. The highest BCUT2D eigenvalue weighted by Gasteiger charge is 2.10. The number of esters is 1. The number of rotatable bonds is 6.